The molecule has 4 aromatic rings. The molecule has 5 heterocycles. The zero-order valence-electron chi connectivity index (χ0n) is 21.0. The van der Waals surface area contributed by atoms with E-state index in [1.54, 1.807) is 24.9 Å². The normalized spacial score (nSPS) is 16.4. The van der Waals surface area contributed by atoms with Crippen LogP contribution in [0.5, 0.6) is 0 Å². The van der Waals surface area contributed by atoms with Crippen LogP contribution in [0, 0.1) is 0 Å². The second kappa shape index (κ2) is 10.6. The van der Waals surface area contributed by atoms with E-state index in [4.69, 9.17) is 14.5 Å². The first-order valence-corrected chi connectivity index (χ1v) is 12.5. The number of nitrogens with zero attached hydrogens (tertiary/aromatic N) is 5. The smallest absolute Gasteiger partial charge is 0.256 e. The quantitative estimate of drug-likeness (QED) is 0.438. The molecule has 4 aromatic heterocycles. The average molecular weight is 492 g/mol. The molecule has 0 aromatic carbocycles. The van der Waals surface area contributed by atoms with Gasteiger partial charge in [0.1, 0.15) is 17.0 Å². The van der Waals surface area contributed by atoms with Gasteiger partial charge in [0.2, 0.25) is 0 Å². The Morgan fingerprint density at radius 2 is 1.97 bits per heavy atom. The van der Waals surface area contributed by atoms with E-state index >= 15 is 0 Å². The number of rotatable bonds is 5. The van der Waals surface area contributed by atoms with E-state index in [2.05, 4.69) is 37.5 Å². The monoisotopic (exact) mass is 491 g/mol. The van der Waals surface area contributed by atoms with Gasteiger partial charge in [-0.2, -0.15) is 9.61 Å². The highest BCUT2D eigenvalue weighted by Crippen LogP contribution is 2.34. The molecule has 0 atom stereocenters. The van der Waals surface area contributed by atoms with Crippen LogP contribution >= 0.6 is 0 Å². The van der Waals surface area contributed by atoms with Crippen molar-refractivity contribution in [2.24, 2.45) is 0 Å². The van der Waals surface area contributed by atoms with Gasteiger partial charge in [-0.05, 0) is 44.2 Å². The van der Waals surface area contributed by atoms with Crippen LogP contribution in [0.1, 0.15) is 48.5 Å². The summed E-state index contributed by atoms with van der Waals surface area (Å²) >= 11 is 0. The third kappa shape index (κ3) is 4.54. The maximum Gasteiger partial charge on any atom is 0.256 e. The molecule has 0 radical (unpaired) electrons. The Morgan fingerprint density at radius 1 is 1.17 bits per heavy atom. The van der Waals surface area contributed by atoms with Crippen molar-refractivity contribution in [1.82, 2.24) is 29.5 Å². The summed E-state index contributed by atoms with van der Waals surface area (Å²) in [5.41, 5.74) is 3.62. The molecular formula is C26H33N7O3. The van der Waals surface area contributed by atoms with Crippen LogP contribution in [0.4, 0.5) is 5.82 Å². The minimum atomic E-state index is -0.219. The molecule has 0 bridgehead atoms. The Balaban J connectivity index is 0.000000391. The van der Waals surface area contributed by atoms with Crippen LogP contribution in [-0.4, -0.2) is 70.6 Å². The van der Waals surface area contributed by atoms with Gasteiger partial charge in [0.25, 0.3) is 5.91 Å². The van der Waals surface area contributed by atoms with Gasteiger partial charge in [-0.3, -0.25) is 4.79 Å². The second-order valence-electron chi connectivity index (χ2n) is 9.11. The number of anilines is 1. The van der Waals surface area contributed by atoms with Crippen molar-refractivity contribution < 1.29 is 14.3 Å². The van der Waals surface area contributed by atoms with Gasteiger partial charge in [-0.15, -0.1) is 0 Å². The predicted molar refractivity (Wildman–Crippen MR) is 138 cm³/mol. The standard InChI is InChI=1S/C21H23N7O2.C5H10O/c1-22-18-10-17(26-20-15(21(29)23-2)11-25-28(18)20)16-12-27(13-5-8-30-9-6-13)19-14(16)4-3-7-24-19;1-6-5-3-2-4-5/h3-4,7,10-13,22H,5-6,8-9H2,1-2H3,(H,23,29);5H,2-4H2,1H3. The number of carbonyl (C=O) groups excluding carboxylic acids is 1. The molecule has 2 fully saturated rings. The molecule has 0 unspecified atom stereocenters. The lowest BCUT2D eigenvalue weighted by molar-refractivity contribution is 0.0412. The molecule has 6 rings (SSSR count). The molecule has 2 aliphatic rings. The fraction of sp³-hybridized carbons (Fsp3) is 0.462. The van der Waals surface area contributed by atoms with E-state index in [1.807, 2.05) is 25.4 Å². The van der Waals surface area contributed by atoms with Crippen LogP contribution in [-0.2, 0) is 9.47 Å². The number of methoxy groups -OCH3 is 1. The molecule has 1 aliphatic carbocycles. The highest BCUT2D eigenvalue weighted by Gasteiger charge is 2.23. The van der Waals surface area contributed by atoms with Crippen LogP contribution in [0.3, 0.4) is 0 Å². The topological polar surface area (TPSA) is 108 Å². The van der Waals surface area contributed by atoms with E-state index in [0.717, 1.165) is 54.2 Å². The summed E-state index contributed by atoms with van der Waals surface area (Å²) in [6, 6.07) is 6.29. The molecule has 1 saturated heterocycles. The fourth-order valence-corrected chi connectivity index (χ4v) is 4.71. The maximum absolute atomic E-state index is 12.3. The lowest BCUT2D eigenvalue weighted by atomic mass is 9.96. The van der Waals surface area contributed by atoms with Crippen LogP contribution in [0.15, 0.2) is 36.8 Å². The number of aromatic nitrogens is 5. The van der Waals surface area contributed by atoms with Gasteiger partial charge in [0.15, 0.2) is 5.65 Å². The minimum Gasteiger partial charge on any atom is -0.381 e. The van der Waals surface area contributed by atoms with Crippen molar-refractivity contribution in [3.05, 3.63) is 42.4 Å². The van der Waals surface area contributed by atoms with Crippen molar-refractivity contribution in [2.75, 3.05) is 39.7 Å². The van der Waals surface area contributed by atoms with Gasteiger partial charge in [-0.25, -0.2) is 9.97 Å². The highest BCUT2D eigenvalue weighted by atomic mass is 16.5. The summed E-state index contributed by atoms with van der Waals surface area (Å²) in [5, 5.41) is 11.2. The van der Waals surface area contributed by atoms with E-state index in [1.165, 1.54) is 19.3 Å². The lowest BCUT2D eigenvalue weighted by Gasteiger charge is -2.24. The number of amides is 1. The first-order chi connectivity index (χ1) is 17.6. The number of pyridine rings is 1. The number of hydrogen-bond acceptors (Lipinski definition) is 7. The molecule has 0 spiro atoms. The van der Waals surface area contributed by atoms with Crippen molar-refractivity contribution in [3.8, 4) is 11.3 Å². The highest BCUT2D eigenvalue weighted by molar-refractivity contribution is 6.00. The third-order valence-electron chi connectivity index (χ3n) is 7.03. The Bertz CT molecular complexity index is 1350. The van der Waals surface area contributed by atoms with Gasteiger partial charge >= 0.3 is 0 Å². The molecule has 190 valence electrons. The van der Waals surface area contributed by atoms with E-state index in [9.17, 15) is 4.79 Å². The molecule has 1 aliphatic heterocycles. The molecular weight excluding hydrogens is 458 g/mol. The van der Waals surface area contributed by atoms with E-state index in [-0.39, 0.29) is 5.91 Å². The van der Waals surface area contributed by atoms with Crippen molar-refractivity contribution >= 4 is 28.4 Å². The number of hydrogen-bond donors (Lipinski definition) is 2. The second-order valence-corrected chi connectivity index (χ2v) is 9.11. The zero-order valence-corrected chi connectivity index (χ0v) is 21.0. The number of ether oxygens (including phenoxy) is 2. The summed E-state index contributed by atoms with van der Waals surface area (Å²) in [7, 11) is 5.21. The zero-order chi connectivity index (χ0) is 25.1. The van der Waals surface area contributed by atoms with Crippen LogP contribution in [0.2, 0.25) is 0 Å². The first kappa shape index (κ1) is 24.2. The fourth-order valence-electron chi connectivity index (χ4n) is 4.71. The van der Waals surface area contributed by atoms with Gasteiger partial charge in [0.05, 0.1) is 18.0 Å². The number of nitrogens with one attached hydrogen (secondary N) is 2. The summed E-state index contributed by atoms with van der Waals surface area (Å²) < 4.78 is 14.4. The summed E-state index contributed by atoms with van der Waals surface area (Å²) in [6.45, 7) is 1.51. The summed E-state index contributed by atoms with van der Waals surface area (Å²) in [4.78, 5) is 21.8. The van der Waals surface area contributed by atoms with Gasteiger partial charge < -0.3 is 24.7 Å². The SMILES string of the molecule is CNC(=O)c1cnn2c(NC)cc(-c3cn(C4CCOCC4)c4ncccc34)nc12.COC1CCC1. The van der Waals surface area contributed by atoms with Crippen LogP contribution < -0.4 is 10.6 Å². The number of fused-ring (bicyclic) bond motifs is 2. The predicted octanol–water partition coefficient (Wildman–Crippen LogP) is 3.68. The maximum atomic E-state index is 12.3. The van der Waals surface area contributed by atoms with Gasteiger partial charge in [0, 0.05) is 69.9 Å². The van der Waals surface area contributed by atoms with E-state index in [0.29, 0.717) is 23.4 Å². The van der Waals surface area contributed by atoms with Crippen molar-refractivity contribution in [1.29, 1.82) is 0 Å². The Kier molecular flexibility index (Phi) is 7.15. The third-order valence-corrected chi connectivity index (χ3v) is 7.03. The van der Waals surface area contributed by atoms with Crippen molar-refractivity contribution in [3.63, 3.8) is 0 Å². The molecule has 36 heavy (non-hydrogen) atoms. The molecule has 10 heteroatoms. The van der Waals surface area contributed by atoms with Crippen molar-refractivity contribution in [2.45, 2.75) is 44.2 Å². The average Bonchev–Trinajstić information content (AvgIpc) is 3.50. The first-order valence-electron chi connectivity index (χ1n) is 12.5. The molecule has 1 saturated carbocycles. The molecule has 1 amide bonds. The minimum absolute atomic E-state index is 0.219. The number of carbonyl (C=O) groups is 1. The van der Waals surface area contributed by atoms with Gasteiger partial charge in [-0.1, -0.05) is 0 Å². The van der Waals surface area contributed by atoms with E-state index < -0.39 is 0 Å². The summed E-state index contributed by atoms with van der Waals surface area (Å²) in [6.07, 6.45) is 12.0. The summed E-state index contributed by atoms with van der Waals surface area (Å²) in [5.74, 6) is 0.531. The molecule has 2 N–H and O–H groups in total. The Hall–Kier alpha value is -3.50. The van der Waals surface area contributed by atoms with Crippen LogP contribution in [0.25, 0.3) is 27.9 Å². The largest absolute Gasteiger partial charge is 0.381 e. The molecule has 10 nitrogen and oxygen atoms in total. The Labute approximate surface area is 210 Å². The lowest BCUT2D eigenvalue weighted by Crippen LogP contribution is -2.19. The Morgan fingerprint density at radius 3 is 2.61 bits per heavy atom.